The first-order valence-corrected chi connectivity index (χ1v) is 6.95. The van der Waals surface area contributed by atoms with Crippen LogP contribution in [0.25, 0.3) is 0 Å². The van der Waals surface area contributed by atoms with Gasteiger partial charge in [0.1, 0.15) is 0 Å². The van der Waals surface area contributed by atoms with Crippen molar-refractivity contribution in [2.75, 3.05) is 0 Å². The van der Waals surface area contributed by atoms with E-state index in [9.17, 15) is 0 Å². The van der Waals surface area contributed by atoms with Crippen molar-refractivity contribution >= 4 is 15.9 Å². The molecule has 1 aliphatic carbocycles. The summed E-state index contributed by atoms with van der Waals surface area (Å²) in [5.74, 6) is 0. The molecule has 1 N–H and O–H groups in total. The van der Waals surface area contributed by atoms with Gasteiger partial charge >= 0.3 is 0 Å². The van der Waals surface area contributed by atoms with Crippen molar-refractivity contribution in [3.05, 3.63) is 46.5 Å². The molecule has 5 heteroatoms. The second-order valence-electron chi connectivity index (χ2n) is 4.63. The van der Waals surface area contributed by atoms with E-state index < -0.39 is 0 Å². The second kappa shape index (κ2) is 5.20. The highest BCUT2D eigenvalue weighted by Gasteiger charge is 2.20. The fourth-order valence-corrected chi connectivity index (χ4v) is 2.17. The van der Waals surface area contributed by atoms with E-state index in [4.69, 9.17) is 0 Å². The SMILES string of the molecule is Brc1cnn(Cc2cccc(CNC3CC3)n2)c1. The Kier molecular flexibility index (Phi) is 3.43. The molecule has 0 spiro atoms. The van der Waals surface area contributed by atoms with Gasteiger partial charge in [0.15, 0.2) is 0 Å². The lowest BCUT2D eigenvalue weighted by molar-refractivity contribution is 0.648. The van der Waals surface area contributed by atoms with Crippen LogP contribution in [-0.2, 0) is 13.1 Å². The molecule has 0 atom stereocenters. The van der Waals surface area contributed by atoms with Crippen LogP contribution in [0.15, 0.2) is 35.1 Å². The van der Waals surface area contributed by atoms with Crippen LogP contribution in [0.4, 0.5) is 0 Å². The molecule has 2 aromatic heterocycles. The van der Waals surface area contributed by atoms with Gasteiger partial charge in [0, 0.05) is 18.8 Å². The van der Waals surface area contributed by atoms with Crippen LogP contribution in [0.2, 0.25) is 0 Å². The van der Waals surface area contributed by atoms with E-state index >= 15 is 0 Å². The lowest BCUT2D eigenvalue weighted by Crippen LogP contribution is -2.16. The molecule has 1 fully saturated rings. The number of pyridine rings is 1. The van der Waals surface area contributed by atoms with Gasteiger partial charge in [-0.3, -0.25) is 9.67 Å². The van der Waals surface area contributed by atoms with Gasteiger partial charge in [0.2, 0.25) is 0 Å². The lowest BCUT2D eigenvalue weighted by Gasteiger charge is -2.05. The first-order valence-electron chi connectivity index (χ1n) is 6.16. The normalized spacial score (nSPS) is 14.9. The molecule has 0 unspecified atom stereocenters. The van der Waals surface area contributed by atoms with Crippen LogP contribution < -0.4 is 5.32 Å². The van der Waals surface area contributed by atoms with Gasteiger partial charge < -0.3 is 5.32 Å². The molecule has 0 bridgehead atoms. The molecule has 1 saturated carbocycles. The Morgan fingerprint density at radius 2 is 2.17 bits per heavy atom. The van der Waals surface area contributed by atoms with E-state index in [-0.39, 0.29) is 0 Å². The first kappa shape index (κ1) is 11.9. The van der Waals surface area contributed by atoms with Gasteiger partial charge in [-0.05, 0) is 40.9 Å². The molecular weight excluding hydrogens is 292 g/mol. The number of aromatic nitrogens is 3. The van der Waals surface area contributed by atoms with E-state index in [0.29, 0.717) is 6.54 Å². The van der Waals surface area contributed by atoms with E-state index in [1.807, 2.05) is 16.9 Å². The van der Waals surface area contributed by atoms with Crippen molar-refractivity contribution < 1.29 is 0 Å². The van der Waals surface area contributed by atoms with Gasteiger partial charge in [-0.1, -0.05) is 6.07 Å². The molecule has 0 radical (unpaired) electrons. The largest absolute Gasteiger partial charge is 0.308 e. The number of halogens is 1. The summed E-state index contributed by atoms with van der Waals surface area (Å²) in [5, 5.41) is 7.71. The highest BCUT2D eigenvalue weighted by molar-refractivity contribution is 9.10. The highest BCUT2D eigenvalue weighted by Crippen LogP contribution is 2.19. The topological polar surface area (TPSA) is 42.7 Å². The zero-order valence-electron chi connectivity index (χ0n) is 10.0. The Labute approximate surface area is 115 Å². The number of rotatable bonds is 5. The fraction of sp³-hybridized carbons (Fsp3) is 0.385. The molecule has 94 valence electrons. The maximum atomic E-state index is 4.64. The average Bonchev–Trinajstić information content (AvgIpc) is 3.11. The van der Waals surface area contributed by atoms with Crippen molar-refractivity contribution in [1.82, 2.24) is 20.1 Å². The second-order valence-corrected chi connectivity index (χ2v) is 5.55. The number of nitrogens with zero attached hydrogens (tertiary/aromatic N) is 3. The highest BCUT2D eigenvalue weighted by atomic mass is 79.9. The summed E-state index contributed by atoms with van der Waals surface area (Å²) in [7, 11) is 0. The summed E-state index contributed by atoms with van der Waals surface area (Å²) in [6.07, 6.45) is 6.36. The minimum absolute atomic E-state index is 0.711. The Hall–Kier alpha value is -1.20. The third-order valence-electron chi connectivity index (χ3n) is 2.94. The van der Waals surface area contributed by atoms with Gasteiger partial charge in [-0.25, -0.2) is 0 Å². The summed E-state index contributed by atoms with van der Waals surface area (Å²) in [5.41, 5.74) is 2.14. The monoisotopic (exact) mass is 306 g/mol. The number of hydrogen-bond donors (Lipinski definition) is 1. The summed E-state index contributed by atoms with van der Waals surface area (Å²) in [6.45, 7) is 1.57. The molecule has 2 aromatic rings. The van der Waals surface area contributed by atoms with Crippen LogP contribution in [0.5, 0.6) is 0 Å². The molecule has 1 aliphatic rings. The van der Waals surface area contributed by atoms with Gasteiger partial charge in [-0.2, -0.15) is 5.10 Å². The molecule has 3 rings (SSSR count). The van der Waals surface area contributed by atoms with Crippen molar-refractivity contribution in [2.45, 2.75) is 32.0 Å². The summed E-state index contributed by atoms with van der Waals surface area (Å²) in [4.78, 5) is 4.64. The zero-order chi connectivity index (χ0) is 12.4. The third-order valence-corrected chi connectivity index (χ3v) is 3.35. The first-order chi connectivity index (χ1) is 8.79. The van der Waals surface area contributed by atoms with Crippen LogP contribution in [0, 0.1) is 0 Å². The minimum atomic E-state index is 0.711. The minimum Gasteiger partial charge on any atom is -0.308 e. The van der Waals surface area contributed by atoms with Crippen LogP contribution >= 0.6 is 15.9 Å². The van der Waals surface area contributed by atoms with Gasteiger partial charge in [0.25, 0.3) is 0 Å². The van der Waals surface area contributed by atoms with Crippen molar-refractivity contribution in [3.63, 3.8) is 0 Å². The Bertz CT molecular complexity index is 533. The summed E-state index contributed by atoms with van der Waals surface area (Å²) in [6, 6.07) is 6.89. The van der Waals surface area contributed by atoms with Crippen LogP contribution in [-0.4, -0.2) is 20.8 Å². The Balaban J connectivity index is 1.65. The third kappa shape index (κ3) is 3.17. The molecule has 0 saturated heterocycles. The standard InChI is InChI=1S/C13H15BrN4/c14-10-6-16-18(8-10)9-13-3-1-2-12(17-13)7-15-11-4-5-11/h1-3,6,8,11,15H,4-5,7,9H2. The van der Waals surface area contributed by atoms with Gasteiger partial charge in [0.05, 0.1) is 28.6 Å². The van der Waals surface area contributed by atoms with Crippen molar-refractivity contribution in [3.8, 4) is 0 Å². The molecule has 4 nitrogen and oxygen atoms in total. The Morgan fingerprint density at radius 1 is 1.33 bits per heavy atom. The zero-order valence-corrected chi connectivity index (χ0v) is 11.6. The predicted molar refractivity (Wildman–Crippen MR) is 73.1 cm³/mol. The summed E-state index contributed by atoms with van der Waals surface area (Å²) >= 11 is 3.39. The van der Waals surface area contributed by atoms with E-state index in [1.54, 1.807) is 6.20 Å². The Morgan fingerprint density at radius 3 is 2.89 bits per heavy atom. The molecule has 0 aromatic carbocycles. The molecule has 0 aliphatic heterocycles. The maximum absolute atomic E-state index is 4.64. The maximum Gasteiger partial charge on any atom is 0.0831 e. The molecule has 0 amide bonds. The quantitative estimate of drug-likeness (QED) is 0.922. The predicted octanol–water partition coefficient (Wildman–Crippen LogP) is 2.34. The fourth-order valence-electron chi connectivity index (χ4n) is 1.84. The van der Waals surface area contributed by atoms with E-state index in [1.165, 1.54) is 12.8 Å². The lowest BCUT2D eigenvalue weighted by atomic mass is 10.3. The molecule has 2 heterocycles. The number of hydrogen-bond acceptors (Lipinski definition) is 3. The average molecular weight is 307 g/mol. The molecule has 18 heavy (non-hydrogen) atoms. The van der Waals surface area contributed by atoms with Crippen molar-refractivity contribution in [1.29, 1.82) is 0 Å². The van der Waals surface area contributed by atoms with Crippen LogP contribution in [0.1, 0.15) is 24.2 Å². The van der Waals surface area contributed by atoms with Crippen LogP contribution in [0.3, 0.4) is 0 Å². The van der Waals surface area contributed by atoms with Crippen molar-refractivity contribution in [2.24, 2.45) is 0 Å². The number of nitrogens with one attached hydrogen (secondary N) is 1. The molecular formula is C13H15BrN4. The smallest absolute Gasteiger partial charge is 0.0831 e. The van der Waals surface area contributed by atoms with E-state index in [0.717, 1.165) is 28.4 Å². The van der Waals surface area contributed by atoms with E-state index in [2.05, 4.69) is 43.5 Å². The van der Waals surface area contributed by atoms with Gasteiger partial charge in [-0.15, -0.1) is 0 Å². The summed E-state index contributed by atoms with van der Waals surface area (Å²) < 4.78 is 2.87.